The van der Waals surface area contributed by atoms with E-state index in [0.717, 1.165) is 12.8 Å². The van der Waals surface area contributed by atoms with Crippen LogP contribution in [-0.4, -0.2) is 16.6 Å². The molecule has 1 saturated carbocycles. The fourth-order valence-electron chi connectivity index (χ4n) is 1.79. The number of hydrogen-bond acceptors (Lipinski definition) is 2. The third kappa shape index (κ3) is 2.12. The number of carbonyl (C=O) groups is 1. The monoisotopic (exact) mass is 205 g/mol. The van der Waals surface area contributed by atoms with Crippen molar-refractivity contribution in [3.8, 4) is 5.75 Å². The van der Waals surface area contributed by atoms with Crippen LogP contribution in [0.25, 0.3) is 0 Å². The molecule has 3 nitrogen and oxygen atoms in total. The summed E-state index contributed by atoms with van der Waals surface area (Å²) in [5.41, 5.74) is 0.579. The van der Waals surface area contributed by atoms with E-state index in [1.807, 2.05) is 0 Å². The Hall–Kier alpha value is -1.51. The Morgan fingerprint density at radius 1 is 1.33 bits per heavy atom. The van der Waals surface area contributed by atoms with Crippen molar-refractivity contribution in [2.75, 3.05) is 0 Å². The molecule has 0 atom stereocenters. The van der Waals surface area contributed by atoms with Crippen LogP contribution in [0, 0.1) is 0 Å². The van der Waals surface area contributed by atoms with Gasteiger partial charge >= 0.3 is 0 Å². The van der Waals surface area contributed by atoms with Crippen LogP contribution in [0.1, 0.15) is 36.5 Å². The third-order valence-corrected chi connectivity index (χ3v) is 3.00. The Kier molecular flexibility index (Phi) is 2.39. The summed E-state index contributed by atoms with van der Waals surface area (Å²) >= 11 is 0. The van der Waals surface area contributed by atoms with Crippen LogP contribution < -0.4 is 5.32 Å². The average Bonchev–Trinajstić information content (AvgIpc) is 2.16. The highest BCUT2D eigenvalue weighted by Crippen LogP contribution is 2.31. The van der Waals surface area contributed by atoms with Gasteiger partial charge in [-0.15, -0.1) is 0 Å². The van der Waals surface area contributed by atoms with Gasteiger partial charge in [-0.05, 0) is 50.5 Å². The number of aromatic hydroxyl groups is 1. The molecule has 1 amide bonds. The topological polar surface area (TPSA) is 49.3 Å². The highest BCUT2D eigenvalue weighted by atomic mass is 16.3. The first-order valence-electron chi connectivity index (χ1n) is 5.21. The van der Waals surface area contributed by atoms with Crippen LogP contribution in [0.15, 0.2) is 24.3 Å². The van der Waals surface area contributed by atoms with Gasteiger partial charge in [0.2, 0.25) is 0 Å². The van der Waals surface area contributed by atoms with Gasteiger partial charge < -0.3 is 10.4 Å². The second kappa shape index (κ2) is 3.57. The average molecular weight is 205 g/mol. The summed E-state index contributed by atoms with van der Waals surface area (Å²) in [6.07, 6.45) is 3.29. The van der Waals surface area contributed by atoms with E-state index in [1.54, 1.807) is 12.1 Å². The molecule has 0 aliphatic heterocycles. The van der Waals surface area contributed by atoms with Crippen molar-refractivity contribution in [2.24, 2.45) is 0 Å². The molecule has 0 aromatic heterocycles. The minimum Gasteiger partial charge on any atom is -0.508 e. The molecule has 3 heteroatoms. The highest BCUT2D eigenvalue weighted by Gasteiger charge is 2.33. The van der Waals surface area contributed by atoms with Crippen LogP contribution in [0.2, 0.25) is 0 Å². The number of hydrogen-bond donors (Lipinski definition) is 2. The molecule has 1 aromatic carbocycles. The first-order valence-corrected chi connectivity index (χ1v) is 5.21. The van der Waals surface area contributed by atoms with Gasteiger partial charge in [-0.3, -0.25) is 4.79 Å². The first-order chi connectivity index (χ1) is 7.09. The lowest BCUT2D eigenvalue weighted by Crippen LogP contribution is -2.50. The third-order valence-electron chi connectivity index (χ3n) is 3.00. The second-order valence-corrected chi connectivity index (χ2v) is 4.42. The van der Waals surface area contributed by atoms with Gasteiger partial charge in [-0.25, -0.2) is 0 Å². The summed E-state index contributed by atoms with van der Waals surface area (Å²) < 4.78 is 0. The van der Waals surface area contributed by atoms with Crippen molar-refractivity contribution < 1.29 is 9.90 Å². The lowest BCUT2D eigenvalue weighted by atomic mass is 9.78. The number of phenolic OH excluding ortho intramolecular Hbond substituents is 1. The molecule has 2 N–H and O–H groups in total. The zero-order valence-corrected chi connectivity index (χ0v) is 8.79. The lowest BCUT2D eigenvalue weighted by molar-refractivity contribution is 0.0850. The van der Waals surface area contributed by atoms with Gasteiger partial charge in [-0.2, -0.15) is 0 Å². The van der Waals surface area contributed by atoms with Crippen molar-refractivity contribution in [3.63, 3.8) is 0 Å². The van der Waals surface area contributed by atoms with Crippen LogP contribution in [0.4, 0.5) is 0 Å². The van der Waals surface area contributed by atoms with Gasteiger partial charge in [-0.1, -0.05) is 0 Å². The smallest absolute Gasteiger partial charge is 0.251 e. The van der Waals surface area contributed by atoms with Crippen LogP contribution in [0.3, 0.4) is 0 Å². The number of benzene rings is 1. The molecule has 0 bridgehead atoms. The lowest BCUT2D eigenvalue weighted by Gasteiger charge is -2.39. The Morgan fingerprint density at radius 3 is 2.40 bits per heavy atom. The van der Waals surface area contributed by atoms with Gasteiger partial charge in [0, 0.05) is 11.1 Å². The van der Waals surface area contributed by atoms with Gasteiger partial charge in [0.1, 0.15) is 5.75 Å². The Labute approximate surface area is 89.1 Å². The number of phenols is 1. The Balaban J connectivity index is 2.04. The van der Waals surface area contributed by atoms with Crippen molar-refractivity contribution in [1.29, 1.82) is 0 Å². The molecule has 0 spiro atoms. The summed E-state index contributed by atoms with van der Waals surface area (Å²) in [7, 11) is 0. The zero-order valence-electron chi connectivity index (χ0n) is 8.79. The van der Waals surface area contributed by atoms with Crippen molar-refractivity contribution in [3.05, 3.63) is 29.8 Å². The molecule has 1 aromatic rings. The maximum absolute atomic E-state index is 11.8. The van der Waals surface area contributed by atoms with Crippen LogP contribution >= 0.6 is 0 Å². The zero-order chi connectivity index (χ0) is 10.9. The molecule has 80 valence electrons. The van der Waals surface area contributed by atoms with E-state index in [0.29, 0.717) is 5.56 Å². The van der Waals surface area contributed by atoms with E-state index < -0.39 is 0 Å². The molecule has 15 heavy (non-hydrogen) atoms. The number of carbonyl (C=O) groups excluding carboxylic acids is 1. The number of amides is 1. The van der Waals surface area contributed by atoms with Crippen LogP contribution in [-0.2, 0) is 0 Å². The summed E-state index contributed by atoms with van der Waals surface area (Å²) in [6.45, 7) is 2.06. The van der Waals surface area contributed by atoms with E-state index in [2.05, 4.69) is 12.2 Å². The predicted octanol–water partition coefficient (Wildman–Crippen LogP) is 2.06. The van der Waals surface area contributed by atoms with Crippen molar-refractivity contribution in [1.82, 2.24) is 5.32 Å². The molecule has 1 fully saturated rings. The van der Waals surface area contributed by atoms with E-state index in [9.17, 15) is 4.79 Å². The maximum atomic E-state index is 11.8. The van der Waals surface area contributed by atoms with E-state index in [1.165, 1.54) is 18.6 Å². The van der Waals surface area contributed by atoms with E-state index >= 15 is 0 Å². The summed E-state index contributed by atoms with van der Waals surface area (Å²) in [6, 6.07) is 6.31. The molecular weight excluding hydrogens is 190 g/mol. The summed E-state index contributed by atoms with van der Waals surface area (Å²) in [4.78, 5) is 11.8. The van der Waals surface area contributed by atoms with Crippen molar-refractivity contribution >= 4 is 5.91 Å². The Bertz CT molecular complexity index is 366. The molecule has 0 unspecified atom stereocenters. The molecule has 2 rings (SSSR count). The minimum absolute atomic E-state index is 0.0189. The molecule has 1 aliphatic rings. The number of nitrogens with one attached hydrogen (secondary N) is 1. The normalized spacial score (nSPS) is 17.9. The highest BCUT2D eigenvalue weighted by molar-refractivity contribution is 5.94. The Morgan fingerprint density at radius 2 is 1.93 bits per heavy atom. The van der Waals surface area contributed by atoms with Crippen molar-refractivity contribution in [2.45, 2.75) is 31.7 Å². The molecule has 0 heterocycles. The summed E-state index contributed by atoms with van der Waals surface area (Å²) in [5, 5.41) is 12.1. The van der Waals surface area contributed by atoms with Gasteiger partial charge in [0.15, 0.2) is 0 Å². The standard InChI is InChI=1S/C12H15NO2/c1-12(7-2-8-12)13-11(15)9-3-5-10(14)6-4-9/h3-6,14H,2,7-8H2,1H3,(H,13,15). The number of rotatable bonds is 2. The largest absolute Gasteiger partial charge is 0.508 e. The van der Waals surface area contributed by atoms with Gasteiger partial charge in [0.25, 0.3) is 5.91 Å². The molecular formula is C12H15NO2. The maximum Gasteiger partial charge on any atom is 0.251 e. The van der Waals surface area contributed by atoms with Gasteiger partial charge in [0.05, 0.1) is 0 Å². The van der Waals surface area contributed by atoms with E-state index in [4.69, 9.17) is 5.11 Å². The van der Waals surface area contributed by atoms with E-state index in [-0.39, 0.29) is 17.2 Å². The predicted molar refractivity (Wildman–Crippen MR) is 57.8 cm³/mol. The second-order valence-electron chi connectivity index (χ2n) is 4.42. The fourth-order valence-corrected chi connectivity index (χ4v) is 1.79. The molecule has 1 aliphatic carbocycles. The van der Waals surface area contributed by atoms with Crippen LogP contribution in [0.5, 0.6) is 5.75 Å². The quantitative estimate of drug-likeness (QED) is 0.776. The fraction of sp³-hybridized carbons (Fsp3) is 0.417. The summed E-state index contributed by atoms with van der Waals surface area (Å²) in [5.74, 6) is 0.124. The molecule has 0 saturated heterocycles. The SMILES string of the molecule is CC1(NC(=O)c2ccc(O)cc2)CCC1. The first kappa shape index (κ1) is 10.0. The molecule has 0 radical (unpaired) electrons. The minimum atomic E-state index is -0.0581.